The van der Waals surface area contributed by atoms with Gasteiger partial charge < -0.3 is 4.12 Å². The minimum atomic E-state index is 0.931. The van der Waals surface area contributed by atoms with Gasteiger partial charge in [-0.3, -0.25) is 0 Å². The molecule has 0 unspecified atom stereocenters. The minimum Gasteiger partial charge on any atom is -0.471 e. The Morgan fingerprint density at radius 3 is 1.40 bits per heavy atom. The van der Waals surface area contributed by atoms with Crippen LogP contribution in [-0.4, -0.2) is 28.2 Å². The van der Waals surface area contributed by atoms with E-state index in [2.05, 4.69) is 15.6 Å². The fraction of sp³-hybridized carbons (Fsp3) is 0. The lowest BCUT2D eigenvalue weighted by Crippen LogP contribution is -1.65. The van der Waals surface area contributed by atoms with Crippen molar-refractivity contribution in [2.24, 2.45) is 0 Å². The van der Waals surface area contributed by atoms with E-state index in [1.807, 2.05) is 0 Å². The summed E-state index contributed by atoms with van der Waals surface area (Å²) in [6, 6.07) is 0. The number of hydrogen-bond donors (Lipinski definition) is 0. The van der Waals surface area contributed by atoms with Crippen molar-refractivity contribution < 1.29 is 4.12 Å². The van der Waals surface area contributed by atoms with Crippen LogP contribution in [0.1, 0.15) is 0 Å². The molecule has 0 N–H and O–H groups in total. The highest BCUT2D eigenvalue weighted by atomic mass is 35.5. The summed E-state index contributed by atoms with van der Waals surface area (Å²) in [6.45, 7) is 0. The Balaban J connectivity index is 0. The van der Waals surface area contributed by atoms with Gasteiger partial charge in [-0.1, -0.05) is 0 Å². The molecule has 0 saturated heterocycles. The molecule has 0 rings (SSSR count). The molecule has 5 heavy (non-hydrogen) atoms. The van der Waals surface area contributed by atoms with E-state index in [0.717, 1.165) is 21.0 Å². The predicted molar refractivity (Wildman–Crippen MR) is 35.4 cm³/mol. The smallest absolute Gasteiger partial charge is 0.215 e. The van der Waals surface area contributed by atoms with Crippen LogP contribution in [0.5, 0.6) is 0 Å². The van der Waals surface area contributed by atoms with Crippen LogP contribution in [0.3, 0.4) is 0 Å². The van der Waals surface area contributed by atoms with Gasteiger partial charge in [-0.15, -0.1) is 0 Å². The van der Waals surface area contributed by atoms with Gasteiger partial charge in [0.15, 0.2) is 0 Å². The summed E-state index contributed by atoms with van der Waals surface area (Å²) in [7, 11) is 3.33. The minimum absolute atomic E-state index is 0.931. The van der Waals surface area contributed by atoms with E-state index in [0.29, 0.717) is 0 Å². The van der Waals surface area contributed by atoms with Crippen LogP contribution in [0, 0.1) is 0 Å². The first kappa shape index (κ1) is 9.22. The molecule has 5 heteroatoms. The molecule has 0 aromatic heterocycles. The molecule has 0 aliphatic rings. The summed E-state index contributed by atoms with van der Waals surface area (Å²) in [5.74, 6) is 0. The summed E-state index contributed by atoms with van der Waals surface area (Å²) in [5.41, 5.74) is 0. The highest BCUT2D eigenvalue weighted by Crippen LogP contribution is 1.29. The largest absolute Gasteiger partial charge is 0.471 e. The zero-order chi connectivity index (χ0) is 4.71. The van der Waals surface area contributed by atoms with Crippen molar-refractivity contribution in [3.05, 3.63) is 0 Å². The first-order valence-corrected chi connectivity index (χ1v) is 3.58. The van der Waals surface area contributed by atoms with E-state index in [1.165, 1.54) is 7.26 Å². The Morgan fingerprint density at radius 2 is 1.40 bits per heavy atom. The van der Waals surface area contributed by atoms with E-state index < -0.39 is 0 Å². The van der Waals surface area contributed by atoms with Crippen LogP contribution in [0.4, 0.5) is 0 Å². The molecule has 0 aliphatic carbocycles. The SMILES string of the molecule is BCl.[SiH3]O[SiH3]. The van der Waals surface area contributed by atoms with Crippen molar-refractivity contribution in [2.45, 2.75) is 0 Å². The van der Waals surface area contributed by atoms with Gasteiger partial charge in [0.2, 0.25) is 7.26 Å². The fourth-order valence-corrected chi connectivity index (χ4v) is 0. The van der Waals surface area contributed by atoms with E-state index in [4.69, 9.17) is 0 Å². The number of rotatable bonds is 0. The zero-order valence-corrected chi connectivity index (χ0v) is 8.54. The summed E-state index contributed by atoms with van der Waals surface area (Å²) >= 11 is 4.64. The third kappa shape index (κ3) is 64.0. The third-order valence-electron chi connectivity index (χ3n) is 0. The molecular weight excluding hydrogens is 118 g/mol. The lowest BCUT2D eigenvalue weighted by atomic mass is 10.8. The summed E-state index contributed by atoms with van der Waals surface area (Å²) < 4.78 is 4.53. The van der Waals surface area contributed by atoms with Crippen molar-refractivity contribution >= 4 is 39.7 Å². The highest BCUT2D eigenvalue weighted by Gasteiger charge is 1.28. The molecule has 32 valence electrons. The Kier molecular flexibility index (Phi) is 40.3. The first-order chi connectivity index (χ1) is 2.41. The average Bonchev–Trinajstić information content (AvgIpc) is 1.46. The summed E-state index contributed by atoms with van der Waals surface area (Å²) in [5, 5.41) is 0. The molecule has 0 spiro atoms. The van der Waals surface area contributed by atoms with Crippen molar-refractivity contribution in [2.75, 3.05) is 0 Å². The zero-order valence-electron chi connectivity index (χ0n) is 3.79. The Morgan fingerprint density at radius 1 is 1.40 bits per heavy atom. The van der Waals surface area contributed by atoms with Crippen LogP contribution < -0.4 is 0 Å². The van der Waals surface area contributed by atoms with Gasteiger partial charge in [-0.2, -0.15) is 0 Å². The third-order valence-corrected chi connectivity index (χ3v) is 0. The van der Waals surface area contributed by atoms with E-state index in [1.54, 1.807) is 0 Å². The van der Waals surface area contributed by atoms with Gasteiger partial charge in [0.05, 0.1) is 0 Å². The molecule has 0 saturated carbocycles. The Bertz CT molecular complexity index is 9.61. The van der Waals surface area contributed by atoms with Gasteiger partial charge in [0.1, 0.15) is 21.0 Å². The number of hydrogen-bond acceptors (Lipinski definition) is 1. The Hall–Kier alpha value is 0.749. The Labute approximate surface area is 44.5 Å². The maximum Gasteiger partial charge on any atom is 0.215 e. The van der Waals surface area contributed by atoms with Crippen LogP contribution in [0.2, 0.25) is 0 Å². The van der Waals surface area contributed by atoms with Crippen LogP contribution in [-0.2, 0) is 4.12 Å². The molecule has 0 radical (unpaired) electrons. The normalized spacial score (nSPS) is 5.80. The molecule has 0 aromatic carbocycles. The molecule has 1 nitrogen and oxygen atoms in total. The van der Waals surface area contributed by atoms with Crippen LogP contribution in [0.15, 0.2) is 0 Å². The predicted octanol–water partition coefficient (Wildman–Crippen LogP) is -2.66. The van der Waals surface area contributed by atoms with E-state index in [-0.39, 0.29) is 0 Å². The lowest BCUT2D eigenvalue weighted by Gasteiger charge is -1.62. The second-order valence-corrected chi connectivity index (χ2v) is 3.67. The average molecular weight is 126 g/mol. The van der Waals surface area contributed by atoms with Crippen molar-refractivity contribution in [1.29, 1.82) is 0 Å². The fourth-order valence-electron chi connectivity index (χ4n) is 0. The second kappa shape index (κ2) is 21.8. The van der Waals surface area contributed by atoms with E-state index >= 15 is 0 Å². The van der Waals surface area contributed by atoms with E-state index in [9.17, 15) is 0 Å². The lowest BCUT2D eigenvalue weighted by molar-refractivity contribution is 0.690. The van der Waals surface area contributed by atoms with Crippen LogP contribution >= 0.6 is 11.5 Å². The van der Waals surface area contributed by atoms with Crippen molar-refractivity contribution in [3.63, 3.8) is 0 Å². The molecule has 0 atom stereocenters. The van der Waals surface area contributed by atoms with Gasteiger partial charge >= 0.3 is 0 Å². The second-order valence-electron chi connectivity index (χ2n) is 0.408. The molecule has 0 bridgehead atoms. The standard InChI is InChI=1S/BClH2.H6OSi2/c1-2;2-1-3/h1H2;2-3H3. The maximum absolute atomic E-state index is 4.64. The van der Waals surface area contributed by atoms with Crippen molar-refractivity contribution in [1.82, 2.24) is 0 Å². The quantitative estimate of drug-likeness (QED) is 0.322. The van der Waals surface area contributed by atoms with Gasteiger partial charge in [-0.05, 0) is 0 Å². The summed E-state index contributed by atoms with van der Waals surface area (Å²) in [6.07, 6.45) is 0. The molecule has 0 amide bonds. The molecule has 0 heterocycles. The maximum atomic E-state index is 4.64. The summed E-state index contributed by atoms with van der Waals surface area (Å²) in [4.78, 5) is 0. The van der Waals surface area contributed by atoms with Crippen molar-refractivity contribution in [3.8, 4) is 0 Å². The molecule has 0 fully saturated rings. The van der Waals surface area contributed by atoms with Crippen LogP contribution in [0.25, 0.3) is 0 Å². The molecule has 0 aliphatic heterocycles. The van der Waals surface area contributed by atoms with Gasteiger partial charge in [-0.25, -0.2) is 11.5 Å². The molecule has 0 aromatic rings. The van der Waals surface area contributed by atoms with Gasteiger partial charge in [0.25, 0.3) is 0 Å². The number of halogens is 1. The topological polar surface area (TPSA) is 9.23 Å². The highest BCUT2D eigenvalue weighted by molar-refractivity contribution is 6.80. The monoisotopic (exact) mass is 126 g/mol. The first-order valence-electron chi connectivity index (χ1n) is 1.19. The molecular formula is H8BClOSi2. The van der Waals surface area contributed by atoms with Gasteiger partial charge in [0, 0.05) is 0 Å².